The van der Waals surface area contributed by atoms with Crippen LogP contribution in [0.1, 0.15) is 16.1 Å². The van der Waals surface area contributed by atoms with Crippen LogP contribution in [0.25, 0.3) is 0 Å². The van der Waals surface area contributed by atoms with Gasteiger partial charge in [0, 0.05) is 18.4 Å². The maximum Gasteiger partial charge on any atom is 0.253 e. The minimum Gasteiger partial charge on any atom is -0.467 e. The zero-order valence-electron chi connectivity index (χ0n) is 10.1. The van der Waals surface area contributed by atoms with E-state index in [-0.39, 0.29) is 5.91 Å². The Labute approximate surface area is 105 Å². The minimum absolute atomic E-state index is 0.177. The number of carbonyl (C=O) groups is 1. The van der Waals surface area contributed by atoms with Crippen molar-refractivity contribution in [2.24, 2.45) is 0 Å². The summed E-state index contributed by atoms with van der Waals surface area (Å²) >= 11 is 0. The van der Waals surface area contributed by atoms with Crippen molar-refractivity contribution >= 4 is 17.3 Å². The van der Waals surface area contributed by atoms with Crippen LogP contribution >= 0.6 is 0 Å². The van der Waals surface area contributed by atoms with Gasteiger partial charge in [-0.1, -0.05) is 0 Å². The fourth-order valence-corrected chi connectivity index (χ4v) is 1.63. The average molecular weight is 245 g/mol. The SMILES string of the molecule is CNC(=O)c1cc(N)ccc1NCc1ccco1. The molecule has 0 aliphatic carbocycles. The third kappa shape index (κ3) is 2.63. The highest BCUT2D eigenvalue weighted by atomic mass is 16.3. The number of hydrogen-bond donors (Lipinski definition) is 3. The summed E-state index contributed by atoms with van der Waals surface area (Å²) in [4.78, 5) is 11.7. The molecule has 0 aliphatic heterocycles. The number of benzene rings is 1. The van der Waals surface area contributed by atoms with Crippen LogP contribution in [0.2, 0.25) is 0 Å². The summed E-state index contributed by atoms with van der Waals surface area (Å²) in [7, 11) is 1.59. The smallest absolute Gasteiger partial charge is 0.253 e. The molecular weight excluding hydrogens is 230 g/mol. The predicted molar refractivity (Wildman–Crippen MR) is 70.3 cm³/mol. The van der Waals surface area contributed by atoms with Gasteiger partial charge in [0.15, 0.2) is 0 Å². The Bertz CT molecular complexity index is 535. The first-order valence-electron chi connectivity index (χ1n) is 5.58. The van der Waals surface area contributed by atoms with Gasteiger partial charge in [0.1, 0.15) is 5.76 Å². The number of amides is 1. The van der Waals surface area contributed by atoms with E-state index in [1.54, 1.807) is 31.5 Å². The number of nitrogen functional groups attached to an aromatic ring is 1. The molecule has 1 amide bonds. The van der Waals surface area contributed by atoms with Crippen molar-refractivity contribution < 1.29 is 9.21 Å². The number of carbonyl (C=O) groups excluding carboxylic acids is 1. The summed E-state index contributed by atoms with van der Waals surface area (Å²) < 4.78 is 5.22. The van der Waals surface area contributed by atoms with Gasteiger partial charge in [0.2, 0.25) is 0 Å². The van der Waals surface area contributed by atoms with Crippen LogP contribution in [0.4, 0.5) is 11.4 Å². The summed E-state index contributed by atoms with van der Waals surface area (Å²) in [6.45, 7) is 0.515. The summed E-state index contributed by atoms with van der Waals surface area (Å²) in [6.07, 6.45) is 1.61. The second kappa shape index (κ2) is 5.27. The molecule has 2 aromatic rings. The summed E-state index contributed by atoms with van der Waals surface area (Å²) in [5.41, 5.74) is 7.48. The molecule has 0 saturated carbocycles. The molecule has 0 atom stereocenters. The molecule has 4 N–H and O–H groups in total. The summed E-state index contributed by atoms with van der Waals surface area (Å²) in [6, 6.07) is 8.85. The van der Waals surface area contributed by atoms with Crippen molar-refractivity contribution in [3.8, 4) is 0 Å². The number of nitrogens with one attached hydrogen (secondary N) is 2. The van der Waals surface area contributed by atoms with Gasteiger partial charge in [-0.3, -0.25) is 4.79 Å². The lowest BCUT2D eigenvalue weighted by atomic mass is 10.1. The van der Waals surface area contributed by atoms with Crippen LogP contribution in [-0.4, -0.2) is 13.0 Å². The standard InChI is InChI=1S/C13H15N3O2/c1-15-13(17)11-7-9(14)4-5-12(11)16-8-10-3-2-6-18-10/h2-7,16H,8,14H2,1H3,(H,15,17). The second-order valence-electron chi connectivity index (χ2n) is 3.82. The van der Waals surface area contributed by atoms with Crippen LogP contribution < -0.4 is 16.4 Å². The molecule has 0 unspecified atom stereocenters. The lowest BCUT2D eigenvalue weighted by Gasteiger charge is -2.11. The number of rotatable bonds is 4. The molecule has 0 bridgehead atoms. The van der Waals surface area contributed by atoms with Gasteiger partial charge < -0.3 is 20.8 Å². The molecule has 1 aromatic carbocycles. The quantitative estimate of drug-likeness (QED) is 0.718. The fourth-order valence-electron chi connectivity index (χ4n) is 1.63. The first-order valence-corrected chi connectivity index (χ1v) is 5.58. The van der Waals surface area contributed by atoms with Crippen molar-refractivity contribution in [2.45, 2.75) is 6.54 Å². The monoisotopic (exact) mass is 245 g/mol. The van der Waals surface area contributed by atoms with E-state index in [0.29, 0.717) is 17.8 Å². The van der Waals surface area contributed by atoms with Gasteiger partial charge >= 0.3 is 0 Å². The second-order valence-corrected chi connectivity index (χ2v) is 3.82. The Morgan fingerprint density at radius 2 is 2.22 bits per heavy atom. The largest absolute Gasteiger partial charge is 0.467 e. The highest BCUT2D eigenvalue weighted by Gasteiger charge is 2.10. The first kappa shape index (κ1) is 12.0. The van der Waals surface area contributed by atoms with E-state index in [2.05, 4.69) is 10.6 Å². The predicted octanol–water partition coefficient (Wildman–Crippen LogP) is 1.83. The van der Waals surface area contributed by atoms with Gasteiger partial charge in [0.05, 0.1) is 18.4 Å². The molecule has 0 spiro atoms. The first-order chi connectivity index (χ1) is 8.70. The summed E-state index contributed by atoms with van der Waals surface area (Å²) in [5, 5.41) is 5.73. The molecule has 0 saturated heterocycles. The fraction of sp³-hybridized carbons (Fsp3) is 0.154. The maximum atomic E-state index is 11.7. The molecule has 18 heavy (non-hydrogen) atoms. The zero-order valence-corrected chi connectivity index (χ0v) is 10.1. The highest BCUT2D eigenvalue weighted by molar-refractivity contribution is 6.00. The number of furan rings is 1. The molecule has 5 heteroatoms. The lowest BCUT2D eigenvalue weighted by Crippen LogP contribution is -2.19. The summed E-state index contributed by atoms with van der Waals surface area (Å²) in [5.74, 6) is 0.624. The van der Waals surface area contributed by atoms with Gasteiger partial charge in [0.25, 0.3) is 5.91 Å². The van der Waals surface area contributed by atoms with Crippen LogP contribution in [0.15, 0.2) is 41.0 Å². The molecule has 1 heterocycles. The number of nitrogens with two attached hydrogens (primary N) is 1. The van der Waals surface area contributed by atoms with Gasteiger partial charge in [-0.25, -0.2) is 0 Å². The molecule has 0 fully saturated rings. The Balaban J connectivity index is 2.18. The van der Waals surface area contributed by atoms with Gasteiger partial charge in [-0.15, -0.1) is 0 Å². The van der Waals surface area contributed by atoms with Crippen molar-refractivity contribution in [2.75, 3.05) is 18.1 Å². The van der Waals surface area contributed by atoms with E-state index >= 15 is 0 Å². The topological polar surface area (TPSA) is 80.3 Å². The van der Waals surface area contributed by atoms with Crippen molar-refractivity contribution in [3.63, 3.8) is 0 Å². The van der Waals surface area contributed by atoms with E-state index in [4.69, 9.17) is 10.2 Å². The molecule has 2 rings (SSSR count). The third-order valence-corrected chi connectivity index (χ3v) is 2.55. The highest BCUT2D eigenvalue weighted by Crippen LogP contribution is 2.19. The minimum atomic E-state index is -0.177. The van der Waals surface area contributed by atoms with Crippen LogP contribution in [0.5, 0.6) is 0 Å². The van der Waals surface area contributed by atoms with E-state index in [1.165, 1.54) is 0 Å². The van der Waals surface area contributed by atoms with Gasteiger partial charge in [-0.05, 0) is 30.3 Å². The maximum absolute atomic E-state index is 11.7. The van der Waals surface area contributed by atoms with Crippen molar-refractivity contribution in [1.82, 2.24) is 5.32 Å². The van der Waals surface area contributed by atoms with Crippen LogP contribution in [-0.2, 0) is 6.54 Å². The van der Waals surface area contributed by atoms with Crippen LogP contribution in [0, 0.1) is 0 Å². The Morgan fingerprint density at radius 3 is 2.89 bits per heavy atom. The average Bonchev–Trinajstić information content (AvgIpc) is 2.89. The van der Waals surface area contributed by atoms with Crippen molar-refractivity contribution in [1.29, 1.82) is 0 Å². The van der Waals surface area contributed by atoms with E-state index in [1.807, 2.05) is 12.1 Å². The van der Waals surface area contributed by atoms with Crippen LogP contribution in [0.3, 0.4) is 0 Å². The molecule has 1 aromatic heterocycles. The Kier molecular flexibility index (Phi) is 3.52. The van der Waals surface area contributed by atoms with E-state index < -0.39 is 0 Å². The van der Waals surface area contributed by atoms with Gasteiger partial charge in [-0.2, -0.15) is 0 Å². The number of anilines is 2. The van der Waals surface area contributed by atoms with Crippen molar-refractivity contribution in [3.05, 3.63) is 47.9 Å². The van der Waals surface area contributed by atoms with E-state index in [0.717, 1.165) is 11.4 Å². The molecule has 5 nitrogen and oxygen atoms in total. The Morgan fingerprint density at radius 1 is 1.39 bits per heavy atom. The lowest BCUT2D eigenvalue weighted by molar-refractivity contribution is 0.0964. The molecule has 0 radical (unpaired) electrons. The number of hydrogen-bond acceptors (Lipinski definition) is 4. The third-order valence-electron chi connectivity index (χ3n) is 2.55. The molecule has 94 valence electrons. The normalized spacial score (nSPS) is 10.1. The zero-order chi connectivity index (χ0) is 13.0. The Hall–Kier alpha value is -2.43. The molecular formula is C13H15N3O2. The van der Waals surface area contributed by atoms with E-state index in [9.17, 15) is 4.79 Å². The molecule has 0 aliphatic rings.